The van der Waals surface area contributed by atoms with Crippen molar-refractivity contribution in [2.45, 2.75) is 46.2 Å². The molecule has 0 bridgehead atoms. The third-order valence-corrected chi connectivity index (χ3v) is 3.85. The molecule has 1 aromatic carbocycles. The summed E-state index contributed by atoms with van der Waals surface area (Å²) in [7, 11) is 1.76. The van der Waals surface area contributed by atoms with Crippen LogP contribution in [0, 0.1) is 0 Å². The number of likely N-dealkylation sites (N-methyl/N-ethyl adjacent to an activating group) is 1. The first-order chi connectivity index (χ1) is 10.1. The summed E-state index contributed by atoms with van der Waals surface area (Å²) in [6.45, 7) is 13.7. The van der Waals surface area contributed by atoms with Gasteiger partial charge >= 0.3 is 0 Å². The van der Waals surface area contributed by atoms with Gasteiger partial charge in [-0.05, 0) is 23.6 Å². The number of methoxy groups -OCH3 is 1. The normalized spacial score (nSPS) is 13.1. The minimum atomic E-state index is 0.547. The molecule has 0 amide bonds. The zero-order valence-electron chi connectivity index (χ0n) is 14.4. The summed E-state index contributed by atoms with van der Waals surface area (Å²) < 4.78 is 5.16. The van der Waals surface area contributed by atoms with Gasteiger partial charge < -0.3 is 10.1 Å². The molecule has 120 valence electrons. The Balaban J connectivity index is 2.52. The van der Waals surface area contributed by atoms with Gasteiger partial charge in [-0.2, -0.15) is 0 Å². The smallest absolute Gasteiger partial charge is 0.0589 e. The number of hydrogen-bond donors (Lipinski definition) is 1. The van der Waals surface area contributed by atoms with E-state index in [2.05, 4.69) is 62.2 Å². The first kappa shape index (κ1) is 18.1. The van der Waals surface area contributed by atoms with Crippen LogP contribution in [-0.2, 0) is 11.3 Å². The third kappa shape index (κ3) is 7.07. The molecule has 1 aromatic rings. The monoisotopic (exact) mass is 292 g/mol. The van der Waals surface area contributed by atoms with Crippen LogP contribution in [0.15, 0.2) is 24.3 Å². The van der Waals surface area contributed by atoms with Crippen LogP contribution in [-0.4, -0.2) is 44.3 Å². The van der Waals surface area contributed by atoms with Gasteiger partial charge in [0.25, 0.3) is 0 Å². The van der Waals surface area contributed by atoms with Crippen molar-refractivity contribution in [2.75, 3.05) is 33.4 Å². The summed E-state index contributed by atoms with van der Waals surface area (Å²) in [6, 6.07) is 9.61. The molecule has 21 heavy (non-hydrogen) atoms. The Morgan fingerprint density at radius 1 is 1.14 bits per heavy atom. The van der Waals surface area contributed by atoms with Gasteiger partial charge in [0.15, 0.2) is 0 Å². The second-order valence-corrected chi connectivity index (χ2v) is 6.07. The maximum atomic E-state index is 5.16. The van der Waals surface area contributed by atoms with Gasteiger partial charge in [0.1, 0.15) is 0 Å². The minimum Gasteiger partial charge on any atom is -0.383 e. The van der Waals surface area contributed by atoms with E-state index in [0.29, 0.717) is 12.0 Å². The summed E-state index contributed by atoms with van der Waals surface area (Å²) in [5.74, 6) is 0.553. The number of hydrogen-bond acceptors (Lipinski definition) is 3. The first-order valence-corrected chi connectivity index (χ1v) is 8.10. The molecule has 0 saturated carbocycles. The molecule has 3 heteroatoms. The number of nitrogens with zero attached hydrogens (tertiary/aromatic N) is 1. The van der Waals surface area contributed by atoms with Crippen molar-refractivity contribution in [1.82, 2.24) is 10.2 Å². The molecule has 0 aliphatic carbocycles. The molecule has 3 nitrogen and oxygen atoms in total. The van der Waals surface area contributed by atoms with Crippen molar-refractivity contribution in [3.05, 3.63) is 35.4 Å². The molecule has 0 radical (unpaired) electrons. The first-order valence-electron chi connectivity index (χ1n) is 8.10. The minimum absolute atomic E-state index is 0.547. The zero-order chi connectivity index (χ0) is 15.7. The van der Waals surface area contributed by atoms with Crippen molar-refractivity contribution in [1.29, 1.82) is 0 Å². The lowest BCUT2D eigenvalue weighted by Crippen LogP contribution is -2.27. The molecule has 1 unspecified atom stereocenters. The highest BCUT2D eigenvalue weighted by Gasteiger charge is 2.07. The van der Waals surface area contributed by atoms with E-state index < -0.39 is 0 Å². The maximum absolute atomic E-state index is 5.16. The standard InChI is InChI=1S/C18H32N2O/c1-6-20(11-12-21-5)14-17-7-9-18(10-8-17)16(4)13-19-15(2)3/h7-10,15-16,19H,6,11-14H2,1-5H3. The number of ether oxygens (including phenoxy) is 1. The molecule has 0 aromatic heterocycles. The highest BCUT2D eigenvalue weighted by atomic mass is 16.5. The van der Waals surface area contributed by atoms with Crippen molar-refractivity contribution in [2.24, 2.45) is 0 Å². The predicted molar refractivity (Wildman–Crippen MR) is 90.8 cm³/mol. The highest BCUT2D eigenvalue weighted by molar-refractivity contribution is 5.25. The molecule has 0 saturated heterocycles. The van der Waals surface area contributed by atoms with Gasteiger partial charge in [0.2, 0.25) is 0 Å². The quantitative estimate of drug-likeness (QED) is 0.716. The van der Waals surface area contributed by atoms with Gasteiger partial charge in [0.05, 0.1) is 6.61 Å². The topological polar surface area (TPSA) is 24.5 Å². The third-order valence-electron chi connectivity index (χ3n) is 3.85. The van der Waals surface area contributed by atoms with Crippen molar-refractivity contribution >= 4 is 0 Å². The van der Waals surface area contributed by atoms with Gasteiger partial charge in [-0.1, -0.05) is 52.0 Å². The number of rotatable bonds is 10. The second kappa shape index (κ2) is 9.93. The molecule has 1 N–H and O–H groups in total. The van der Waals surface area contributed by atoms with E-state index in [0.717, 1.165) is 32.8 Å². The van der Waals surface area contributed by atoms with Crippen LogP contribution < -0.4 is 5.32 Å². The molecular weight excluding hydrogens is 260 g/mol. The van der Waals surface area contributed by atoms with Crippen LogP contribution in [0.4, 0.5) is 0 Å². The molecule has 0 aliphatic heterocycles. The molecule has 1 rings (SSSR count). The summed E-state index contributed by atoms with van der Waals surface area (Å²) >= 11 is 0. The number of benzene rings is 1. The SMILES string of the molecule is CCN(CCOC)Cc1ccc(C(C)CNC(C)C)cc1. The van der Waals surface area contributed by atoms with Crippen LogP contribution in [0.2, 0.25) is 0 Å². The molecule has 0 fully saturated rings. The van der Waals surface area contributed by atoms with E-state index in [9.17, 15) is 0 Å². The average molecular weight is 292 g/mol. The van der Waals surface area contributed by atoms with E-state index >= 15 is 0 Å². The summed E-state index contributed by atoms with van der Waals surface area (Å²) in [6.07, 6.45) is 0. The maximum Gasteiger partial charge on any atom is 0.0589 e. The van der Waals surface area contributed by atoms with Crippen molar-refractivity contribution in [3.8, 4) is 0 Å². The van der Waals surface area contributed by atoms with Gasteiger partial charge in [-0.15, -0.1) is 0 Å². The van der Waals surface area contributed by atoms with Crippen LogP contribution in [0.3, 0.4) is 0 Å². The van der Waals surface area contributed by atoms with E-state index in [1.807, 2.05) is 0 Å². The van der Waals surface area contributed by atoms with Crippen molar-refractivity contribution in [3.63, 3.8) is 0 Å². The highest BCUT2D eigenvalue weighted by Crippen LogP contribution is 2.16. The van der Waals surface area contributed by atoms with E-state index in [4.69, 9.17) is 4.74 Å². The van der Waals surface area contributed by atoms with Gasteiger partial charge in [-0.25, -0.2) is 0 Å². The largest absolute Gasteiger partial charge is 0.383 e. The Morgan fingerprint density at radius 2 is 1.81 bits per heavy atom. The van der Waals surface area contributed by atoms with Gasteiger partial charge in [-0.3, -0.25) is 4.90 Å². The van der Waals surface area contributed by atoms with Gasteiger partial charge in [0, 0.05) is 32.8 Å². The van der Waals surface area contributed by atoms with E-state index in [-0.39, 0.29) is 0 Å². The Morgan fingerprint density at radius 3 is 2.33 bits per heavy atom. The summed E-state index contributed by atoms with van der Waals surface area (Å²) in [5, 5.41) is 3.50. The summed E-state index contributed by atoms with van der Waals surface area (Å²) in [4.78, 5) is 2.41. The Bertz CT molecular complexity index is 375. The molecule has 0 aliphatic rings. The van der Waals surface area contributed by atoms with E-state index in [1.165, 1.54) is 11.1 Å². The Hall–Kier alpha value is -0.900. The van der Waals surface area contributed by atoms with Crippen LogP contribution in [0.1, 0.15) is 44.7 Å². The van der Waals surface area contributed by atoms with E-state index in [1.54, 1.807) is 7.11 Å². The Kier molecular flexibility index (Phi) is 8.58. The summed E-state index contributed by atoms with van der Waals surface area (Å²) in [5.41, 5.74) is 2.78. The fourth-order valence-corrected chi connectivity index (χ4v) is 2.31. The number of nitrogens with one attached hydrogen (secondary N) is 1. The lowest BCUT2D eigenvalue weighted by Gasteiger charge is -2.20. The average Bonchev–Trinajstić information content (AvgIpc) is 2.49. The lowest BCUT2D eigenvalue weighted by atomic mass is 9.99. The fraction of sp³-hybridized carbons (Fsp3) is 0.667. The fourth-order valence-electron chi connectivity index (χ4n) is 2.31. The van der Waals surface area contributed by atoms with Crippen molar-refractivity contribution < 1.29 is 4.74 Å². The molecule has 0 heterocycles. The molecular formula is C18H32N2O. The Labute approximate surface area is 130 Å². The second-order valence-electron chi connectivity index (χ2n) is 6.07. The molecule has 0 spiro atoms. The zero-order valence-corrected chi connectivity index (χ0v) is 14.4. The lowest BCUT2D eigenvalue weighted by molar-refractivity contribution is 0.147. The van der Waals surface area contributed by atoms with Crippen LogP contribution in [0.5, 0.6) is 0 Å². The predicted octanol–water partition coefficient (Wildman–Crippen LogP) is 3.26. The van der Waals surface area contributed by atoms with Crippen LogP contribution in [0.25, 0.3) is 0 Å². The molecule has 1 atom stereocenters. The van der Waals surface area contributed by atoms with Crippen LogP contribution >= 0.6 is 0 Å².